The van der Waals surface area contributed by atoms with E-state index in [-0.39, 0.29) is 11.9 Å². The number of rotatable bonds is 5. The van der Waals surface area contributed by atoms with E-state index in [4.69, 9.17) is 4.74 Å². The van der Waals surface area contributed by atoms with Crippen molar-refractivity contribution in [2.45, 2.75) is 18.4 Å². The number of halogens is 1. The summed E-state index contributed by atoms with van der Waals surface area (Å²) in [6.45, 7) is 0. The average Bonchev–Trinajstić information content (AvgIpc) is 3.31. The van der Waals surface area contributed by atoms with Crippen molar-refractivity contribution in [2.75, 3.05) is 14.2 Å². The molecule has 0 saturated heterocycles. The molecule has 1 fully saturated rings. The van der Waals surface area contributed by atoms with Gasteiger partial charge in [-0.1, -0.05) is 36.4 Å². The van der Waals surface area contributed by atoms with Crippen molar-refractivity contribution in [3.05, 3.63) is 65.5 Å². The zero-order valence-corrected chi connectivity index (χ0v) is 12.3. The lowest BCUT2D eigenvalue weighted by Gasteiger charge is -2.20. The Morgan fingerprint density at radius 3 is 2.57 bits per heavy atom. The molecule has 1 N–H and O–H groups in total. The maximum absolute atomic E-state index is 14.3. The molecule has 21 heavy (non-hydrogen) atoms. The predicted molar refractivity (Wildman–Crippen MR) is 82.0 cm³/mol. The van der Waals surface area contributed by atoms with E-state index in [0.717, 1.165) is 6.42 Å². The largest absolute Gasteiger partial charge is 0.496 e. The van der Waals surface area contributed by atoms with E-state index in [9.17, 15) is 4.39 Å². The molecule has 0 aromatic heterocycles. The maximum Gasteiger partial charge on any atom is 0.131 e. The Balaban J connectivity index is 1.88. The van der Waals surface area contributed by atoms with Crippen LogP contribution in [0.2, 0.25) is 0 Å². The van der Waals surface area contributed by atoms with Gasteiger partial charge in [-0.25, -0.2) is 4.39 Å². The summed E-state index contributed by atoms with van der Waals surface area (Å²) in [7, 11) is 3.48. The number of hydrogen-bond donors (Lipinski definition) is 1. The van der Waals surface area contributed by atoms with Gasteiger partial charge in [0.05, 0.1) is 7.11 Å². The van der Waals surface area contributed by atoms with E-state index in [2.05, 4.69) is 29.6 Å². The molecular weight excluding hydrogens is 265 g/mol. The fourth-order valence-electron chi connectivity index (χ4n) is 3.24. The van der Waals surface area contributed by atoms with E-state index >= 15 is 0 Å². The smallest absolute Gasteiger partial charge is 0.131 e. The molecular formula is C18H20FNO. The van der Waals surface area contributed by atoms with Crippen LogP contribution in [-0.4, -0.2) is 14.2 Å². The SMILES string of the molecule is CNC(c1c(F)cccc1OC)C1CC1c1ccccc1. The summed E-state index contributed by atoms with van der Waals surface area (Å²) in [5, 5.41) is 3.28. The summed E-state index contributed by atoms with van der Waals surface area (Å²) in [5.74, 6) is 1.32. The standard InChI is InChI=1S/C18H20FNO/c1-20-18(17-15(19)9-6-10-16(17)21-2)14-11-13(14)12-7-4-3-5-8-12/h3-10,13-14,18,20H,11H2,1-2H3. The summed E-state index contributed by atoms with van der Waals surface area (Å²) in [5.41, 5.74) is 1.98. The molecule has 3 atom stereocenters. The van der Waals surface area contributed by atoms with Gasteiger partial charge in [0, 0.05) is 11.6 Å². The quantitative estimate of drug-likeness (QED) is 0.899. The van der Waals surface area contributed by atoms with E-state index in [1.54, 1.807) is 13.2 Å². The van der Waals surface area contributed by atoms with Crippen molar-refractivity contribution < 1.29 is 9.13 Å². The Hall–Kier alpha value is -1.87. The molecule has 2 aromatic rings. The van der Waals surface area contributed by atoms with Gasteiger partial charge >= 0.3 is 0 Å². The minimum Gasteiger partial charge on any atom is -0.496 e. The van der Waals surface area contributed by atoms with Gasteiger partial charge in [0.25, 0.3) is 0 Å². The van der Waals surface area contributed by atoms with Gasteiger partial charge in [-0.15, -0.1) is 0 Å². The van der Waals surface area contributed by atoms with Gasteiger partial charge in [0.15, 0.2) is 0 Å². The Morgan fingerprint density at radius 1 is 1.14 bits per heavy atom. The first-order chi connectivity index (χ1) is 10.3. The molecule has 1 aliphatic carbocycles. The molecule has 1 saturated carbocycles. The van der Waals surface area contributed by atoms with Crippen LogP contribution in [0.5, 0.6) is 5.75 Å². The molecule has 0 amide bonds. The highest BCUT2D eigenvalue weighted by molar-refractivity contribution is 5.40. The van der Waals surface area contributed by atoms with E-state index in [1.807, 2.05) is 19.2 Å². The van der Waals surface area contributed by atoms with Gasteiger partial charge in [-0.3, -0.25) is 0 Å². The van der Waals surface area contributed by atoms with Crippen LogP contribution < -0.4 is 10.1 Å². The van der Waals surface area contributed by atoms with Crippen molar-refractivity contribution in [2.24, 2.45) is 5.92 Å². The van der Waals surface area contributed by atoms with Gasteiger partial charge in [0.1, 0.15) is 11.6 Å². The lowest BCUT2D eigenvalue weighted by Crippen LogP contribution is -2.21. The molecule has 1 aliphatic rings. The minimum atomic E-state index is -0.201. The maximum atomic E-state index is 14.3. The van der Waals surface area contributed by atoms with Gasteiger partial charge in [0.2, 0.25) is 0 Å². The molecule has 0 spiro atoms. The molecule has 0 radical (unpaired) electrons. The van der Waals surface area contributed by atoms with Crippen molar-refractivity contribution in [3.8, 4) is 5.75 Å². The first kappa shape index (κ1) is 14.1. The fraction of sp³-hybridized carbons (Fsp3) is 0.333. The monoisotopic (exact) mass is 285 g/mol. The lowest BCUT2D eigenvalue weighted by atomic mass is 9.97. The van der Waals surface area contributed by atoms with Crippen LogP contribution in [0, 0.1) is 11.7 Å². The Morgan fingerprint density at radius 2 is 1.90 bits per heavy atom. The molecule has 3 rings (SSSR count). The minimum absolute atomic E-state index is 0.0219. The number of ether oxygens (including phenoxy) is 1. The highest BCUT2D eigenvalue weighted by Crippen LogP contribution is 2.55. The van der Waals surface area contributed by atoms with Crippen LogP contribution in [0.4, 0.5) is 4.39 Å². The Labute approximate surface area is 125 Å². The third-order valence-corrected chi connectivity index (χ3v) is 4.35. The summed E-state index contributed by atoms with van der Waals surface area (Å²) in [6.07, 6.45) is 1.08. The zero-order valence-electron chi connectivity index (χ0n) is 12.3. The van der Waals surface area contributed by atoms with E-state index in [1.165, 1.54) is 11.6 Å². The summed E-state index contributed by atoms with van der Waals surface area (Å²) >= 11 is 0. The molecule has 3 unspecified atom stereocenters. The lowest BCUT2D eigenvalue weighted by molar-refractivity contribution is 0.385. The molecule has 0 heterocycles. The molecule has 0 bridgehead atoms. The second kappa shape index (κ2) is 5.86. The van der Waals surface area contributed by atoms with Crippen molar-refractivity contribution in [1.82, 2.24) is 5.32 Å². The first-order valence-electron chi connectivity index (χ1n) is 7.31. The number of methoxy groups -OCH3 is 1. The Kier molecular flexibility index (Phi) is 3.93. The highest BCUT2D eigenvalue weighted by atomic mass is 19.1. The van der Waals surface area contributed by atoms with Gasteiger partial charge in [-0.2, -0.15) is 0 Å². The molecule has 110 valence electrons. The fourth-order valence-corrected chi connectivity index (χ4v) is 3.24. The van der Waals surface area contributed by atoms with Crippen LogP contribution in [0.1, 0.15) is 29.5 Å². The second-order valence-electron chi connectivity index (χ2n) is 5.54. The third kappa shape index (κ3) is 2.66. The highest BCUT2D eigenvalue weighted by Gasteiger charge is 2.45. The Bertz CT molecular complexity index is 614. The molecule has 2 aromatic carbocycles. The third-order valence-electron chi connectivity index (χ3n) is 4.35. The van der Waals surface area contributed by atoms with Crippen LogP contribution in [0.3, 0.4) is 0 Å². The van der Waals surface area contributed by atoms with Crippen molar-refractivity contribution in [1.29, 1.82) is 0 Å². The van der Waals surface area contributed by atoms with Crippen LogP contribution in [0.25, 0.3) is 0 Å². The molecule has 3 heteroatoms. The van der Waals surface area contributed by atoms with Crippen LogP contribution >= 0.6 is 0 Å². The van der Waals surface area contributed by atoms with E-state index < -0.39 is 0 Å². The second-order valence-corrected chi connectivity index (χ2v) is 5.54. The normalized spacial score (nSPS) is 21.9. The van der Waals surface area contributed by atoms with Gasteiger partial charge < -0.3 is 10.1 Å². The number of benzene rings is 2. The number of hydrogen-bond acceptors (Lipinski definition) is 2. The molecule has 2 nitrogen and oxygen atoms in total. The van der Waals surface area contributed by atoms with Crippen molar-refractivity contribution >= 4 is 0 Å². The zero-order chi connectivity index (χ0) is 14.8. The topological polar surface area (TPSA) is 21.3 Å². The summed E-state index contributed by atoms with van der Waals surface area (Å²) in [6, 6.07) is 15.4. The van der Waals surface area contributed by atoms with Crippen molar-refractivity contribution in [3.63, 3.8) is 0 Å². The van der Waals surface area contributed by atoms with Crippen LogP contribution in [-0.2, 0) is 0 Å². The first-order valence-corrected chi connectivity index (χ1v) is 7.31. The van der Waals surface area contributed by atoms with Crippen LogP contribution in [0.15, 0.2) is 48.5 Å². The predicted octanol–water partition coefficient (Wildman–Crippen LogP) is 3.90. The average molecular weight is 285 g/mol. The van der Waals surface area contributed by atoms with E-state index in [0.29, 0.717) is 23.1 Å². The van der Waals surface area contributed by atoms with Gasteiger partial charge in [-0.05, 0) is 43.0 Å². The summed E-state index contributed by atoms with van der Waals surface area (Å²) in [4.78, 5) is 0. The molecule has 0 aliphatic heterocycles. The summed E-state index contributed by atoms with van der Waals surface area (Å²) < 4.78 is 19.6. The number of nitrogens with one attached hydrogen (secondary N) is 1.